The molecule has 4 rings (SSSR count). The lowest BCUT2D eigenvalue weighted by Crippen LogP contribution is -2.51. The first-order valence-electron chi connectivity index (χ1n) is 11.2. The van der Waals surface area contributed by atoms with Crippen LogP contribution in [0, 0.1) is 0 Å². The highest BCUT2D eigenvalue weighted by molar-refractivity contribution is 6.30. The molecule has 1 amide bonds. The Morgan fingerprint density at radius 3 is 1.97 bits per heavy atom. The van der Waals surface area contributed by atoms with Gasteiger partial charge in [0, 0.05) is 47.9 Å². The third-order valence-corrected chi connectivity index (χ3v) is 6.49. The van der Waals surface area contributed by atoms with Gasteiger partial charge in [-0.25, -0.2) is 4.79 Å². The highest BCUT2D eigenvalue weighted by Crippen LogP contribution is 2.32. The van der Waals surface area contributed by atoms with Crippen LogP contribution in [0.25, 0.3) is 0 Å². The molecule has 0 atom stereocenters. The molecule has 2 aromatic carbocycles. The lowest BCUT2D eigenvalue weighted by Gasteiger charge is -2.39. The number of aromatic hydroxyl groups is 2. The number of piperazine rings is 1. The fourth-order valence-electron chi connectivity index (χ4n) is 4.26. The number of rotatable bonds is 6. The number of carbonyl (C=O) groups is 1. The van der Waals surface area contributed by atoms with Gasteiger partial charge in [0.15, 0.2) is 0 Å². The summed E-state index contributed by atoms with van der Waals surface area (Å²) in [5.41, 5.74) is 2.72. The van der Waals surface area contributed by atoms with E-state index in [-0.39, 0.29) is 17.8 Å². The van der Waals surface area contributed by atoms with E-state index in [9.17, 15) is 15.0 Å². The van der Waals surface area contributed by atoms with Crippen LogP contribution in [-0.2, 0) is 6.42 Å². The van der Waals surface area contributed by atoms with Gasteiger partial charge in [0.25, 0.3) is 0 Å². The molecule has 2 heterocycles. The Hall–Kier alpha value is -2.87. The number of amides is 1. The van der Waals surface area contributed by atoms with Gasteiger partial charge >= 0.3 is 6.09 Å². The van der Waals surface area contributed by atoms with E-state index in [2.05, 4.69) is 4.90 Å². The summed E-state index contributed by atoms with van der Waals surface area (Å²) >= 11 is 12.2. The highest BCUT2D eigenvalue weighted by Gasteiger charge is 2.30. The molecule has 1 aliphatic heterocycles. The summed E-state index contributed by atoms with van der Waals surface area (Å²) in [6.45, 7) is 4.04. The number of carbonyl (C=O) groups excluding carboxylic acids is 1. The fraction of sp³-hybridized carbons (Fsp3) is 0.320. The summed E-state index contributed by atoms with van der Waals surface area (Å²) in [6, 6.07) is 16.9. The topological polar surface area (TPSA) is 78.2 Å². The summed E-state index contributed by atoms with van der Waals surface area (Å²) in [5, 5.41) is 21.7. The van der Waals surface area contributed by atoms with Crippen molar-refractivity contribution in [3.8, 4) is 11.8 Å². The molecule has 0 unspecified atom stereocenters. The van der Waals surface area contributed by atoms with Gasteiger partial charge in [-0.3, -0.25) is 4.90 Å². The SMILES string of the molecule is CCCc1cc(O)n(OC(=O)N2CCN(C(c3ccc(Cl)cc3)c3ccc(Cl)cc3)CC2)c1O. The van der Waals surface area contributed by atoms with Crippen molar-refractivity contribution in [2.45, 2.75) is 25.8 Å². The third-order valence-electron chi connectivity index (χ3n) is 5.99. The standard InChI is InChI=1S/C25H27Cl2N3O4/c1-2-3-19-16-22(31)30(24(19)32)34-25(33)29-14-12-28(13-15-29)23(17-4-8-20(26)9-5-17)18-6-10-21(27)11-7-18/h4-11,16,23,31-32H,2-3,12-15H2,1H3. The van der Waals surface area contributed by atoms with E-state index in [1.807, 2.05) is 55.5 Å². The highest BCUT2D eigenvalue weighted by atomic mass is 35.5. The van der Waals surface area contributed by atoms with Crippen LogP contribution in [0.3, 0.4) is 0 Å². The van der Waals surface area contributed by atoms with Crippen molar-refractivity contribution in [3.05, 3.63) is 81.3 Å². The van der Waals surface area contributed by atoms with Gasteiger partial charge in [-0.05, 0) is 41.8 Å². The Labute approximate surface area is 208 Å². The summed E-state index contributed by atoms with van der Waals surface area (Å²) in [7, 11) is 0. The predicted molar refractivity (Wildman–Crippen MR) is 132 cm³/mol. The Kier molecular flexibility index (Phi) is 7.56. The average molecular weight is 504 g/mol. The normalized spacial score (nSPS) is 14.5. The maximum absolute atomic E-state index is 12.7. The monoisotopic (exact) mass is 503 g/mol. The second-order valence-electron chi connectivity index (χ2n) is 8.28. The maximum Gasteiger partial charge on any atom is 0.434 e. The molecule has 1 saturated heterocycles. The lowest BCUT2D eigenvalue weighted by atomic mass is 9.96. The van der Waals surface area contributed by atoms with Gasteiger partial charge < -0.3 is 20.0 Å². The molecule has 7 nitrogen and oxygen atoms in total. The Morgan fingerprint density at radius 2 is 1.47 bits per heavy atom. The van der Waals surface area contributed by atoms with E-state index < -0.39 is 6.09 Å². The van der Waals surface area contributed by atoms with E-state index in [1.165, 1.54) is 6.07 Å². The van der Waals surface area contributed by atoms with Gasteiger partial charge in [-0.15, -0.1) is 4.73 Å². The fourth-order valence-corrected chi connectivity index (χ4v) is 4.52. The largest absolute Gasteiger partial charge is 0.492 e. The van der Waals surface area contributed by atoms with Gasteiger partial charge in [0.1, 0.15) is 0 Å². The molecule has 180 valence electrons. The Balaban J connectivity index is 1.47. The first-order valence-corrected chi connectivity index (χ1v) is 12.0. The van der Waals surface area contributed by atoms with Crippen LogP contribution in [0.4, 0.5) is 4.79 Å². The predicted octanol–water partition coefficient (Wildman–Crippen LogP) is 5.11. The summed E-state index contributed by atoms with van der Waals surface area (Å²) in [6.07, 6.45) is 0.729. The summed E-state index contributed by atoms with van der Waals surface area (Å²) in [5.74, 6) is -0.560. The number of aromatic nitrogens is 1. The second-order valence-corrected chi connectivity index (χ2v) is 9.15. The zero-order chi connectivity index (χ0) is 24.2. The van der Waals surface area contributed by atoms with Crippen molar-refractivity contribution in [2.75, 3.05) is 26.2 Å². The molecule has 1 aromatic heterocycles. The number of aryl methyl sites for hydroxylation is 1. The molecule has 2 N–H and O–H groups in total. The number of halogens is 2. The summed E-state index contributed by atoms with van der Waals surface area (Å²) < 4.78 is 0.782. The van der Waals surface area contributed by atoms with Crippen molar-refractivity contribution in [1.82, 2.24) is 14.5 Å². The Bertz CT molecular complexity index is 1080. The lowest BCUT2D eigenvalue weighted by molar-refractivity contribution is 0.0514. The number of nitrogens with zero attached hydrogens (tertiary/aromatic N) is 3. The van der Waals surface area contributed by atoms with Crippen molar-refractivity contribution >= 4 is 29.3 Å². The van der Waals surface area contributed by atoms with Crippen molar-refractivity contribution < 1.29 is 19.8 Å². The molecular formula is C25H27Cl2N3O4. The second kappa shape index (κ2) is 10.6. The number of benzene rings is 2. The summed E-state index contributed by atoms with van der Waals surface area (Å²) in [4.78, 5) is 21.9. The van der Waals surface area contributed by atoms with E-state index in [0.717, 1.165) is 22.3 Å². The van der Waals surface area contributed by atoms with Crippen LogP contribution in [-0.4, -0.2) is 57.0 Å². The van der Waals surface area contributed by atoms with Crippen molar-refractivity contribution in [1.29, 1.82) is 0 Å². The minimum absolute atomic E-state index is 0.0261. The molecule has 1 aliphatic rings. The molecule has 3 aromatic rings. The van der Waals surface area contributed by atoms with Crippen LogP contribution >= 0.6 is 23.2 Å². The van der Waals surface area contributed by atoms with Crippen LogP contribution < -0.4 is 4.84 Å². The molecule has 34 heavy (non-hydrogen) atoms. The van der Waals surface area contributed by atoms with E-state index in [4.69, 9.17) is 28.0 Å². The zero-order valence-electron chi connectivity index (χ0n) is 18.8. The number of hydrogen-bond donors (Lipinski definition) is 2. The van der Waals surface area contributed by atoms with Crippen LogP contribution in [0.5, 0.6) is 11.8 Å². The quantitative estimate of drug-likeness (QED) is 0.488. The van der Waals surface area contributed by atoms with Gasteiger partial charge in [0.05, 0.1) is 6.04 Å². The molecular weight excluding hydrogens is 477 g/mol. The molecule has 0 aliphatic carbocycles. The smallest absolute Gasteiger partial charge is 0.434 e. The van der Waals surface area contributed by atoms with E-state index in [0.29, 0.717) is 48.2 Å². The van der Waals surface area contributed by atoms with Crippen LogP contribution in [0.15, 0.2) is 54.6 Å². The van der Waals surface area contributed by atoms with Crippen molar-refractivity contribution in [3.63, 3.8) is 0 Å². The molecule has 9 heteroatoms. The van der Waals surface area contributed by atoms with Crippen LogP contribution in [0.2, 0.25) is 10.0 Å². The first kappa shape index (κ1) is 24.3. The van der Waals surface area contributed by atoms with Crippen molar-refractivity contribution in [2.24, 2.45) is 0 Å². The van der Waals surface area contributed by atoms with E-state index in [1.54, 1.807) is 4.90 Å². The van der Waals surface area contributed by atoms with E-state index >= 15 is 0 Å². The third kappa shape index (κ3) is 5.27. The Morgan fingerprint density at radius 1 is 0.941 bits per heavy atom. The zero-order valence-corrected chi connectivity index (χ0v) is 20.3. The molecule has 0 bridgehead atoms. The molecule has 1 fully saturated rings. The first-order chi connectivity index (χ1) is 16.4. The minimum Gasteiger partial charge on any atom is -0.492 e. The maximum atomic E-state index is 12.7. The van der Waals surface area contributed by atoms with Gasteiger partial charge in [-0.1, -0.05) is 60.8 Å². The van der Waals surface area contributed by atoms with Gasteiger partial charge in [-0.2, -0.15) is 0 Å². The average Bonchev–Trinajstić information content (AvgIpc) is 3.10. The minimum atomic E-state index is -0.626. The molecule has 0 saturated carbocycles. The molecule has 0 radical (unpaired) electrons. The number of hydrogen-bond acceptors (Lipinski definition) is 5. The molecule has 0 spiro atoms. The van der Waals surface area contributed by atoms with Crippen LogP contribution in [0.1, 0.15) is 36.1 Å². The van der Waals surface area contributed by atoms with Gasteiger partial charge in [0.2, 0.25) is 11.8 Å².